The molecule has 2 heteroatoms. The second-order valence-electron chi connectivity index (χ2n) is 3.84. The van der Waals surface area contributed by atoms with Crippen LogP contribution in [0.3, 0.4) is 0 Å². The molecule has 82 valence electrons. The first kappa shape index (κ1) is 13.8. The summed E-state index contributed by atoms with van der Waals surface area (Å²) in [6.07, 6.45) is 6.16. The molecule has 0 saturated heterocycles. The van der Waals surface area contributed by atoms with Gasteiger partial charge in [-0.2, -0.15) is 12.6 Å². The molecule has 14 heavy (non-hydrogen) atoms. The maximum Gasteiger partial charge on any atom is 0.129 e. The molecule has 1 unspecified atom stereocenters. The van der Waals surface area contributed by atoms with E-state index in [1.807, 2.05) is 0 Å². The number of rotatable bonds is 7. The third-order valence-corrected chi connectivity index (χ3v) is 2.97. The van der Waals surface area contributed by atoms with Crippen LogP contribution < -0.4 is 0 Å². The third kappa shape index (κ3) is 6.25. The Labute approximate surface area is 93.4 Å². The predicted molar refractivity (Wildman–Crippen MR) is 65.9 cm³/mol. The van der Waals surface area contributed by atoms with Crippen LogP contribution in [0.1, 0.15) is 46.5 Å². The first-order valence-corrected chi connectivity index (χ1v) is 5.98. The van der Waals surface area contributed by atoms with E-state index in [1.54, 1.807) is 6.92 Å². The zero-order valence-corrected chi connectivity index (χ0v) is 10.4. The summed E-state index contributed by atoms with van der Waals surface area (Å²) in [5.74, 6) is 1.81. The lowest BCUT2D eigenvalue weighted by Gasteiger charge is -2.16. The van der Waals surface area contributed by atoms with E-state index < -0.39 is 0 Å². The van der Waals surface area contributed by atoms with Crippen molar-refractivity contribution in [3.63, 3.8) is 0 Å². The van der Waals surface area contributed by atoms with Crippen LogP contribution in [-0.2, 0) is 4.79 Å². The highest BCUT2D eigenvalue weighted by atomic mass is 32.1. The summed E-state index contributed by atoms with van der Waals surface area (Å²) in [6, 6.07) is 0. The largest absolute Gasteiger partial charge is 0.300 e. The van der Waals surface area contributed by atoms with Gasteiger partial charge in [0.25, 0.3) is 0 Å². The van der Waals surface area contributed by atoms with Crippen LogP contribution in [0.4, 0.5) is 0 Å². The number of ketones is 1. The van der Waals surface area contributed by atoms with Crippen LogP contribution in [0, 0.1) is 5.92 Å². The second kappa shape index (κ2) is 8.10. The first-order valence-electron chi connectivity index (χ1n) is 5.35. The minimum Gasteiger partial charge on any atom is -0.300 e. The maximum atomic E-state index is 10.9. The molecule has 0 fully saturated rings. The Morgan fingerprint density at radius 2 is 2.00 bits per heavy atom. The highest BCUT2D eigenvalue weighted by Crippen LogP contribution is 2.22. The summed E-state index contributed by atoms with van der Waals surface area (Å²) >= 11 is 4.22. The Kier molecular flexibility index (Phi) is 7.96. The van der Waals surface area contributed by atoms with Crippen molar-refractivity contribution in [2.45, 2.75) is 46.5 Å². The molecule has 0 aromatic heterocycles. The number of Topliss-reactive ketones (excluding diaryl/α,β-unsaturated/α-hetero) is 1. The van der Waals surface area contributed by atoms with Crippen molar-refractivity contribution in [2.75, 3.05) is 5.75 Å². The van der Waals surface area contributed by atoms with Gasteiger partial charge in [0.05, 0.1) is 0 Å². The standard InChI is InChI=1S/C12H22OS/c1-4-10(2)12(6-5-9-14)8-7-11(3)13/h4,12,14H,5-9H2,1-3H3/b10-4+. The molecule has 0 aromatic rings. The van der Waals surface area contributed by atoms with Crippen LogP contribution in [0.15, 0.2) is 11.6 Å². The van der Waals surface area contributed by atoms with Gasteiger partial charge in [0.1, 0.15) is 5.78 Å². The van der Waals surface area contributed by atoms with Gasteiger partial charge in [0.15, 0.2) is 0 Å². The lowest BCUT2D eigenvalue weighted by molar-refractivity contribution is -0.117. The van der Waals surface area contributed by atoms with Crippen molar-refractivity contribution in [1.82, 2.24) is 0 Å². The van der Waals surface area contributed by atoms with Crippen LogP contribution >= 0.6 is 12.6 Å². The molecule has 0 aliphatic carbocycles. The van der Waals surface area contributed by atoms with Gasteiger partial charge in [0.2, 0.25) is 0 Å². The van der Waals surface area contributed by atoms with E-state index in [4.69, 9.17) is 0 Å². The van der Waals surface area contributed by atoms with Gasteiger partial charge in [-0.25, -0.2) is 0 Å². The maximum absolute atomic E-state index is 10.9. The normalized spacial score (nSPS) is 14.1. The molecule has 0 rings (SSSR count). The minimum atomic E-state index is 0.296. The van der Waals surface area contributed by atoms with E-state index in [-0.39, 0.29) is 0 Å². The molecule has 0 bridgehead atoms. The Morgan fingerprint density at radius 3 is 2.43 bits per heavy atom. The molecule has 0 aliphatic rings. The van der Waals surface area contributed by atoms with Crippen molar-refractivity contribution in [3.05, 3.63) is 11.6 Å². The van der Waals surface area contributed by atoms with Crippen molar-refractivity contribution in [3.8, 4) is 0 Å². The van der Waals surface area contributed by atoms with Crippen LogP contribution in [0.25, 0.3) is 0 Å². The molecule has 1 nitrogen and oxygen atoms in total. The lowest BCUT2D eigenvalue weighted by atomic mass is 9.90. The van der Waals surface area contributed by atoms with E-state index in [9.17, 15) is 4.79 Å². The molecule has 0 aliphatic heterocycles. The first-order chi connectivity index (χ1) is 6.61. The number of allylic oxidation sites excluding steroid dienone is 2. The molecule has 0 radical (unpaired) electrons. The van der Waals surface area contributed by atoms with E-state index in [1.165, 1.54) is 5.57 Å². The Balaban J connectivity index is 4.04. The van der Waals surface area contributed by atoms with Crippen LogP contribution in [0.2, 0.25) is 0 Å². The second-order valence-corrected chi connectivity index (χ2v) is 4.28. The Hall–Kier alpha value is -0.240. The summed E-state index contributed by atoms with van der Waals surface area (Å²) in [5, 5.41) is 0. The van der Waals surface area contributed by atoms with Gasteiger partial charge in [-0.1, -0.05) is 11.6 Å². The average molecular weight is 214 g/mol. The molecular weight excluding hydrogens is 192 g/mol. The zero-order valence-electron chi connectivity index (χ0n) is 9.55. The molecule has 0 aromatic carbocycles. The Bertz CT molecular complexity index is 196. The van der Waals surface area contributed by atoms with Gasteiger partial charge in [-0.3, -0.25) is 0 Å². The van der Waals surface area contributed by atoms with Crippen molar-refractivity contribution in [2.24, 2.45) is 5.92 Å². The fourth-order valence-electron chi connectivity index (χ4n) is 1.55. The fraction of sp³-hybridized carbons (Fsp3) is 0.750. The smallest absolute Gasteiger partial charge is 0.129 e. The average Bonchev–Trinajstić information content (AvgIpc) is 2.16. The molecule has 0 heterocycles. The van der Waals surface area contributed by atoms with Gasteiger partial charge in [-0.15, -0.1) is 0 Å². The van der Waals surface area contributed by atoms with E-state index in [0.29, 0.717) is 18.1 Å². The third-order valence-electron chi connectivity index (χ3n) is 2.65. The highest BCUT2D eigenvalue weighted by molar-refractivity contribution is 7.80. The van der Waals surface area contributed by atoms with Gasteiger partial charge in [-0.05, 0) is 51.7 Å². The van der Waals surface area contributed by atoms with Crippen LogP contribution in [0.5, 0.6) is 0 Å². The summed E-state index contributed by atoms with van der Waals surface area (Å²) in [4.78, 5) is 10.9. The summed E-state index contributed by atoms with van der Waals surface area (Å²) in [7, 11) is 0. The number of thiol groups is 1. The monoisotopic (exact) mass is 214 g/mol. The molecule has 0 amide bonds. The predicted octanol–water partition coefficient (Wildman–Crippen LogP) is 3.65. The molecule has 0 N–H and O–H groups in total. The number of hydrogen-bond donors (Lipinski definition) is 1. The van der Waals surface area contributed by atoms with E-state index >= 15 is 0 Å². The molecular formula is C12H22OS. The zero-order chi connectivity index (χ0) is 11.0. The summed E-state index contributed by atoms with van der Waals surface area (Å²) < 4.78 is 0. The van der Waals surface area contributed by atoms with Gasteiger partial charge < -0.3 is 4.79 Å². The number of carbonyl (C=O) groups is 1. The lowest BCUT2D eigenvalue weighted by Crippen LogP contribution is -2.05. The minimum absolute atomic E-state index is 0.296. The van der Waals surface area contributed by atoms with E-state index in [2.05, 4.69) is 32.6 Å². The van der Waals surface area contributed by atoms with Gasteiger partial charge in [0, 0.05) is 6.42 Å². The molecule has 1 atom stereocenters. The van der Waals surface area contributed by atoms with Crippen LogP contribution in [-0.4, -0.2) is 11.5 Å². The van der Waals surface area contributed by atoms with E-state index in [0.717, 1.165) is 25.0 Å². The van der Waals surface area contributed by atoms with Gasteiger partial charge >= 0.3 is 0 Å². The summed E-state index contributed by atoms with van der Waals surface area (Å²) in [6.45, 7) is 5.89. The molecule has 0 saturated carbocycles. The quantitative estimate of drug-likeness (QED) is 0.505. The number of carbonyl (C=O) groups excluding carboxylic acids is 1. The Morgan fingerprint density at radius 1 is 1.36 bits per heavy atom. The van der Waals surface area contributed by atoms with Crippen molar-refractivity contribution >= 4 is 18.4 Å². The molecule has 0 spiro atoms. The SMILES string of the molecule is C/C=C(\C)C(CCCS)CCC(C)=O. The van der Waals surface area contributed by atoms with Crippen molar-refractivity contribution < 1.29 is 4.79 Å². The number of hydrogen-bond acceptors (Lipinski definition) is 2. The summed E-state index contributed by atoms with van der Waals surface area (Å²) in [5.41, 5.74) is 1.41. The van der Waals surface area contributed by atoms with Crippen molar-refractivity contribution in [1.29, 1.82) is 0 Å². The fourth-order valence-corrected chi connectivity index (χ4v) is 1.73. The highest BCUT2D eigenvalue weighted by Gasteiger charge is 2.10. The topological polar surface area (TPSA) is 17.1 Å².